The lowest BCUT2D eigenvalue weighted by Crippen LogP contribution is -2.39. The number of nitrogens with two attached hydrogens (primary N) is 1. The highest BCUT2D eigenvalue weighted by molar-refractivity contribution is 6.05. The van der Waals surface area contributed by atoms with Gasteiger partial charge in [-0.25, -0.2) is 19.3 Å². The summed E-state index contributed by atoms with van der Waals surface area (Å²) in [5, 5.41) is 2.23. The molecule has 4 heterocycles. The number of amides is 2. The number of carbonyl (C=O) groups is 2. The van der Waals surface area contributed by atoms with Crippen molar-refractivity contribution in [3.63, 3.8) is 0 Å². The Kier molecular flexibility index (Phi) is 8.39. The zero-order valence-electron chi connectivity index (χ0n) is 23.7. The molecule has 1 aliphatic heterocycles. The summed E-state index contributed by atoms with van der Waals surface area (Å²) < 4.78 is 77.5. The number of nitrogens with zero attached hydrogens (tertiary/aromatic N) is 5. The minimum absolute atomic E-state index is 0.0239. The number of hydrogen-bond donors (Lipinski definition) is 2. The summed E-state index contributed by atoms with van der Waals surface area (Å²) in [5.74, 6) is -3.66. The minimum Gasteiger partial charge on any atom is -0.493 e. The topological polar surface area (TPSA) is 128 Å². The Bertz CT molecular complexity index is 1740. The van der Waals surface area contributed by atoms with Crippen molar-refractivity contribution >= 4 is 29.0 Å². The molecule has 0 aliphatic carbocycles. The Morgan fingerprint density at radius 1 is 1.16 bits per heavy atom. The van der Waals surface area contributed by atoms with Gasteiger partial charge in [0.05, 0.1) is 23.9 Å². The van der Waals surface area contributed by atoms with E-state index < -0.39 is 41.1 Å². The van der Waals surface area contributed by atoms with Crippen molar-refractivity contribution in [2.24, 2.45) is 0 Å². The van der Waals surface area contributed by atoms with E-state index in [-0.39, 0.29) is 58.8 Å². The van der Waals surface area contributed by atoms with Gasteiger partial charge < -0.3 is 20.7 Å². The van der Waals surface area contributed by atoms with Gasteiger partial charge in [-0.2, -0.15) is 17.6 Å². The summed E-state index contributed by atoms with van der Waals surface area (Å²) in [5.41, 5.74) is 4.52. The fourth-order valence-electron chi connectivity index (χ4n) is 5.29. The van der Waals surface area contributed by atoms with Gasteiger partial charge in [-0.05, 0) is 44.0 Å². The number of aromatic nitrogens is 4. The molecule has 232 valence electrons. The highest BCUT2D eigenvalue weighted by Gasteiger charge is 2.33. The second kappa shape index (κ2) is 12.1. The molecule has 1 saturated heterocycles. The van der Waals surface area contributed by atoms with Gasteiger partial charge in [-0.15, -0.1) is 0 Å². The summed E-state index contributed by atoms with van der Waals surface area (Å²) in [4.78, 5) is 39.3. The summed E-state index contributed by atoms with van der Waals surface area (Å²) in [6.07, 6.45) is -1.33. The number of hydrogen-bond acceptors (Lipinski definition) is 7. The summed E-state index contributed by atoms with van der Waals surface area (Å²) in [7, 11) is 0. The Hall–Kier alpha value is -4.82. The maximum atomic E-state index is 16.0. The van der Waals surface area contributed by atoms with Crippen LogP contribution in [0, 0.1) is 11.8 Å². The average molecular weight is 618 g/mol. The fourth-order valence-corrected chi connectivity index (χ4v) is 5.29. The first-order valence-corrected chi connectivity index (χ1v) is 13.8. The third kappa shape index (κ3) is 5.85. The van der Waals surface area contributed by atoms with Crippen LogP contribution >= 0.6 is 0 Å². The first-order valence-electron chi connectivity index (χ1n) is 13.8. The second-order valence-electron chi connectivity index (χ2n) is 10.1. The van der Waals surface area contributed by atoms with E-state index in [0.717, 1.165) is 28.9 Å². The van der Waals surface area contributed by atoms with Crippen LogP contribution in [0.1, 0.15) is 60.8 Å². The van der Waals surface area contributed by atoms with Crippen molar-refractivity contribution in [3.05, 3.63) is 65.4 Å². The fraction of sp³-hybridized carbons (Fsp3) is 0.345. The number of nitrogens with one attached hydrogen (secondary N) is 1. The maximum Gasteiger partial charge on any atom is 0.416 e. The lowest BCUT2D eigenvalue weighted by Gasteiger charge is -2.32. The van der Waals surface area contributed by atoms with Gasteiger partial charge in [0.15, 0.2) is 0 Å². The van der Waals surface area contributed by atoms with Crippen molar-refractivity contribution in [1.29, 1.82) is 0 Å². The first-order chi connectivity index (χ1) is 20.9. The number of fused-ring (bicyclic) bond motifs is 1. The third-order valence-electron chi connectivity index (χ3n) is 7.29. The Labute approximate surface area is 248 Å². The maximum absolute atomic E-state index is 16.0. The van der Waals surface area contributed by atoms with E-state index in [9.17, 15) is 22.8 Å². The molecule has 3 N–H and O–H groups in total. The molecule has 0 spiro atoms. The van der Waals surface area contributed by atoms with Crippen molar-refractivity contribution in [1.82, 2.24) is 24.3 Å². The highest BCUT2D eigenvalue weighted by atomic mass is 19.4. The van der Waals surface area contributed by atoms with Crippen LogP contribution in [-0.2, 0) is 11.0 Å². The monoisotopic (exact) mass is 617 g/mol. The van der Waals surface area contributed by atoms with Gasteiger partial charge in [-0.1, -0.05) is 6.92 Å². The Balaban J connectivity index is 1.59. The van der Waals surface area contributed by atoms with Crippen LogP contribution in [-0.4, -0.2) is 55.8 Å². The lowest BCUT2D eigenvalue weighted by atomic mass is 9.97. The molecule has 1 aromatic carbocycles. The number of anilines is 2. The molecule has 15 heteroatoms. The normalized spacial score (nSPS) is 15.4. The molecule has 2 amide bonds. The van der Waals surface area contributed by atoms with E-state index in [0.29, 0.717) is 31.9 Å². The predicted octanol–water partition coefficient (Wildman–Crippen LogP) is 5.44. The number of pyridine rings is 1. The van der Waals surface area contributed by atoms with Gasteiger partial charge in [0.25, 0.3) is 5.91 Å². The number of rotatable bonds is 7. The molecule has 5 rings (SSSR count). The highest BCUT2D eigenvalue weighted by Crippen LogP contribution is 2.40. The van der Waals surface area contributed by atoms with E-state index in [1.807, 2.05) is 0 Å². The molecular formula is C29H28F5N7O3. The number of likely N-dealkylation sites (tertiary alicyclic amines) is 1. The zero-order chi connectivity index (χ0) is 31.8. The number of ether oxygens (including phenoxy) is 1. The summed E-state index contributed by atoms with van der Waals surface area (Å²) in [6, 6.07) is 3.45. The predicted molar refractivity (Wildman–Crippen MR) is 150 cm³/mol. The molecule has 1 aliphatic rings. The number of carbonyl (C=O) groups excluding carboxylic acids is 2. The van der Waals surface area contributed by atoms with Crippen LogP contribution in [0.25, 0.3) is 16.8 Å². The van der Waals surface area contributed by atoms with Crippen LogP contribution in [0.2, 0.25) is 0 Å². The number of imidazole rings is 1. The summed E-state index contributed by atoms with van der Waals surface area (Å²) in [6.45, 7) is 4.22. The molecule has 3 aromatic heterocycles. The molecule has 44 heavy (non-hydrogen) atoms. The van der Waals surface area contributed by atoms with Crippen LogP contribution in [0.3, 0.4) is 0 Å². The first kappa shape index (κ1) is 30.6. The SMILES string of the molecule is CCOc1cc(C(=O)Nc2cc(C(F)(F)F)ccn2)cc(F)c1-c1nc(C2CCCN(C(=O)CC)C2)n2c(F)cnc(N)c12. The number of piperidine rings is 1. The molecule has 0 radical (unpaired) electrons. The van der Waals surface area contributed by atoms with Crippen molar-refractivity contribution in [2.45, 2.75) is 45.2 Å². The van der Waals surface area contributed by atoms with Gasteiger partial charge in [0.2, 0.25) is 11.9 Å². The summed E-state index contributed by atoms with van der Waals surface area (Å²) >= 11 is 0. The molecule has 10 nitrogen and oxygen atoms in total. The average Bonchev–Trinajstić information content (AvgIpc) is 3.40. The molecule has 0 saturated carbocycles. The molecule has 4 aromatic rings. The molecule has 0 bridgehead atoms. The van der Waals surface area contributed by atoms with Gasteiger partial charge in [0.1, 0.15) is 40.2 Å². The molecule has 1 fully saturated rings. The van der Waals surface area contributed by atoms with Crippen LogP contribution < -0.4 is 15.8 Å². The largest absolute Gasteiger partial charge is 0.493 e. The Morgan fingerprint density at radius 3 is 2.64 bits per heavy atom. The minimum atomic E-state index is -4.66. The van der Waals surface area contributed by atoms with E-state index in [4.69, 9.17) is 10.5 Å². The number of alkyl halides is 3. The van der Waals surface area contributed by atoms with Gasteiger partial charge in [0, 0.05) is 37.2 Å². The van der Waals surface area contributed by atoms with Crippen molar-refractivity contribution < 1.29 is 36.3 Å². The van der Waals surface area contributed by atoms with E-state index in [2.05, 4.69) is 20.3 Å². The number of halogens is 5. The van der Waals surface area contributed by atoms with Gasteiger partial charge in [-0.3, -0.25) is 14.0 Å². The standard InChI is InChI=1S/C29H28F5N7O3/c1-3-22(42)40-9-5-6-15(14-40)27-39-24(25-26(35)37-13-20(31)41(25)27)23-18(30)10-16(11-19(23)44-4-2)28(43)38-21-12-17(7-8-36-21)29(32,33)34/h7-8,10-13,15H,3-6,9,14H2,1-2H3,(H2,35,37)(H,36,38,43). The Morgan fingerprint density at radius 2 is 1.93 bits per heavy atom. The molecule has 1 atom stereocenters. The number of nitrogen functional groups attached to an aromatic ring is 1. The number of benzene rings is 1. The van der Waals surface area contributed by atoms with E-state index in [1.54, 1.807) is 18.7 Å². The smallest absolute Gasteiger partial charge is 0.416 e. The van der Waals surface area contributed by atoms with Crippen molar-refractivity contribution in [3.8, 4) is 17.0 Å². The van der Waals surface area contributed by atoms with Crippen LogP contribution in [0.4, 0.5) is 33.6 Å². The molecule has 1 unspecified atom stereocenters. The lowest BCUT2D eigenvalue weighted by molar-refractivity contribution is -0.137. The van der Waals surface area contributed by atoms with E-state index in [1.165, 1.54) is 6.07 Å². The molecular weight excluding hydrogens is 589 g/mol. The quantitative estimate of drug-likeness (QED) is 0.265. The van der Waals surface area contributed by atoms with Crippen LogP contribution in [0.5, 0.6) is 5.75 Å². The second-order valence-corrected chi connectivity index (χ2v) is 10.1. The van der Waals surface area contributed by atoms with E-state index >= 15 is 8.78 Å². The zero-order valence-corrected chi connectivity index (χ0v) is 23.7. The third-order valence-corrected chi connectivity index (χ3v) is 7.29. The van der Waals surface area contributed by atoms with Gasteiger partial charge >= 0.3 is 6.18 Å². The van der Waals surface area contributed by atoms with Crippen molar-refractivity contribution in [2.75, 3.05) is 30.7 Å². The van der Waals surface area contributed by atoms with Crippen LogP contribution in [0.15, 0.2) is 36.7 Å².